The summed E-state index contributed by atoms with van der Waals surface area (Å²) in [5, 5.41) is 3.45. The van der Waals surface area contributed by atoms with Gasteiger partial charge in [-0.3, -0.25) is 14.1 Å². The molecule has 1 aliphatic heterocycles. The van der Waals surface area contributed by atoms with Gasteiger partial charge in [-0.25, -0.2) is 4.98 Å². The average molecular weight is 528 g/mol. The molecule has 178 valence electrons. The number of likely N-dealkylation sites (N-methyl/N-ethyl adjacent to an activating group) is 1. The van der Waals surface area contributed by atoms with Crippen LogP contribution in [-0.2, 0) is 10.2 Å². The number of rotatable bonds is 4. The summed E-state index contributed by atoms with van der Waals surface area (Å²) in [5.74, 6) is -0.438. The minimum atomic E-state index is -3.58. The summed E-state index contributed by atoms with van der Waals surface area (Å²) < 4.78 is 27.4. The van der Waals surface area contributed by atoms with Crippen molar-refractivity contribution in [3.8, 4) is 11.3 Å². The Kier molecular flexibility index (Phi) is 6.10. The van der Waals surface area contributed by atoms with E-state index in [0.29, 0.717) is 40.7 Å². The van der Waals surface area contributed by atoms with Gasteiger partial charge < -0.3 is 5.32 Å². The van der Waals surface area contributed by atoms with E-state index in [9.17, 15) is 13.2 Å². The van der Waals surface area contributed by atoms with Crippen LogP contribution in [0.1, 0.15) is 10.4 Å². The molecule has 0 aliphatic carbocycles. The number of carbonyl (C=O) groups excluding carboxylic acids is 1. The summed E-state index contributed by atoms with van der Waals surface area (Å²) in [6.45, 7) is 0.691. The fraction of sp³-hybridized carbons (Fsp3) is 0.125. The molecule has 0 radical (unpaired) electrons. The van der Waals surface area contributed by atoms with Crippen molar-refractivity contribution < 1.29 is 13.2 Å². The smallest absolute Gasteiger partial charge is 0.303 e. The van der Waals surface area contributed by atoms with E-state index in [1.807, 2.05) is 24.3 Å². The van der Waals surface area contributed by atoms with Crippen molar-refractivity contribution in [2.24, 2.45) is 0 Å². The number of aromatic nitrogens is 2. The van der Waals surface area contributed by atoms with Gasteiger partial charge >= 0.3 is 10.2 Å². The van der Waals surface area contributed by atoms with E-state index in [1.54, 1.807) is 30.5 Å². The van der Waals surface area contributed by atoms with E-state index in [1.165, 1.54) is 27.8 Å². The number of hydrogen-bond acceptors (Lipinski definition) is 5. The maximum atomic E-state index is 13.0. The lowest BCUT2D eigenvalue weighted by Gasteiger charge is -2.19. The molecule has 35 heavy (non-hydrogen) atoms. The second-order valence-corrected chi connectivity index (χ2v) is 10.7. The zero-order chi connectivity index (χ0) is 24.7. The van der Waals surface area contributed by atoms with Gasteiger partial charge in [0.2, 0.25) is 0 Å². The molecule has 8 nitrogen and oxygen atoms in total. The van der Waals surface area contributed by atoms with Crippen LogP contribution in [0.3, 0.4) is 0 Å². The quantitative estimate of drug-likeness (QED) is 0.409. The summed E-state index contributed by atoms with van der Waals surface area (Å²) in [6.07, 6.45) is 1.70. The van der Waals surface area contributed by atoms with E-state index >= 15 is 0 Å². The molecule has 3 heterocycles. The van der Waals surface area contributed by atoms with Gasteiger partial charge in [-0.2, -0.15) is 12.7 Å². The number of amides is 1. The summed E-state index contributed by atoms with van der Waals surface area (Å²) >= 11 is 12.8. The van der Waals surface area contributed by atoms with Crippen LogP contribution in [0, 0.1) is 0 Å². The highest BCUT2D eigenvalue weighted by Gasteiger charge is 2.34. The molecule has 1 N–H and O–H groups in total. The maximum absolute atomic E-state index is 13.0. The second kappa shape index (κ2) is 9.09. The van der Waals surface area contributed by atoms with Crippen molar-refractivity contribution in [3.63, 3.8) is 0 Å². The SMILES string of the molecule is CN1CCN(c2ccc(C(=O)Nc3ccc(Cl)c(-c4ccc5ncccc5n4)c3)c(Cl)c2)S1(=O)=O. The van der Waals surface area contributed by atoms with Crippen molar-refractivity contribution >= 4 is 61.7 Å². The Bertz CT molecular complexity index is 1580. The summed E-state index contributed by atoms with van der Waals surface area (Å²) in [7, 11) is -2.06. The van der Waals surface area contributed by atoms with Gasteiger partial charge in [0.05, 0.1) is 38.0 Å². The molecule has 1 fully saturated rings. The Hall–Kier alpha value is -3.24. The number of nitrogens with one attached hydrogen (secondary N) is 1. The van der Waals surface area contributed by atoms with Crippen molar-refractivity contribution in [2.75, 3.05) is 29.8 Å². The highest BCUT2D eigenvalue weighted by atomic mass is 35.5. The number of halogens is 2. The van der Waals surface area contributed by atoms with Crippen LogP contribution >= 0.6 is 23.2 Å². The molecule has 0 spiro atoms. The Labute approximate surface area is 212 Å². The zero-order valence-electron chi connectivity index (χ0n) is 18.4. The summed E-state index contributed by atoms with van der Waals surface area (Å²) in [6, 6.07) is 17.0. The largest absolute Gasteiger partial charge is 0.322 e. The van der Waals surface area contributed by atoms with E-state index in [2.05, 4.69) is 15.3 Å². The van der Waals surface area contributed by atoms with Gasteiger partial charge in [0.25, 0.3) is 5.91 Å². The molecule has 0 atom stereocenters. The Morgan fingerprint density at radius 3 is 2.54 bits per heavy atom. The molecular weight excluding hydrogens is 509 g/mol. The van der Waals surface area contributed by atoms with Crippen molar-refractivity contribution in [3.05, 3.63) is 82.5 Å². The van der Waals surface area contributed by atoms with Gasteiger partial charge in [0.15, 0.2) is 0 Å². The summed E-state index contributed by atoms with van der Waals surface area (Å²) in [5.41, 5.74) is 3.92. The lowest BCUT2D eigenvalue weighted by Crippen LogP contribution is -2.30. The van der Waals surface area contributed by atoms with Crippen LogP contribution < -0.4 is 9.62 Å². The van der Waals surface area contributed by atoms with Gasteiger partial charge in [-0.1, -0.05) is 23.2 Å². The van der Waals surface area contributed by atoms with Crippen molar-refractivity contribution in [2.45, 2.75) is 0 Å². The second-order valence-electron chi connectivity index (χ2n) is 7.95. The van der Waals surface area contributed by atoms with E-state index in [0.717, 1.165) is 11.0 Å². The molecule has 5 rings (SSSR count). The molecule has 0 bridgehead atoms. The predicted octanol–water partition coefficient (Wildman–Crippen LogP) is 4.85. The Morgan fingerprint density at radius 2 is 1.80 bits per heavy atom. The molecular formula is C24H19Cl2N5O3S. The third-order valence-corrected chi connectivity index (χ3v) is 8.30. The monoisotopic (exact) mass is 527 g/mol. The molecule has 0 saturated carbocycles. The van der Waals surface area contributed by atoms with Crippen LogP contribution in [0.4, 0.5) is 11.4 Å². The molecule has 0 unspecified atom stereocenters. The van der Waals surface area contributed by atoms with E-state index < -0.39 is 16.1 Å². The number of fused-ring (bicyclic) bond motifs is 1. The standard InChI is InChI=1S/C24H19Cl2N5O3S/c1-30-11-12-31(35(30,33)34)16-5-6-17(20(26)14-16)24(32)28-15-4-7-19(25)18(13-15)21-8-9-22-23(29-21)3-2-10-27-22/h2-10,13-14H,11-12H2,1H3,(H,28,32). The zero-order valence-corrected chi connectivity index (χ0v) is 20.8. The Balaban J connectivity index is 1.40. The average Bonchev–Trinajstić information content (AvgIpc) is 3.11. The predicted molar refractivity (Wildman–Crippen MR) is 138 cm³/mol. The fourth-order valence-corrected chi connectivity index (χ4v) is 5.66. The van der Waals surface area contributed by atoms with Gasteiger partial charge in [-0.05, 0) is 60.7 Å². The number of nitrogens with zero attached hydrogens (tertiary/aromatic N) is 4. The number of benzene rings is 2. The van der Waals surface area contributed by atoms with E-state index in [-0.39, 0.29) is 10.6 Å². The first-order valence-corrected chi connectivity index (χ1v) is 12.8. The lowest BCUT2D eigenvalue weighted by molar-refractivity contribution is 0.102. The first-order valence-electron chi connectivity index (χ1n) is 10.6. The first kappa shape index (κ1) is 23.5. The number of anilines is 2. The highest BCUT2D eigenvalue weighted by Crippen LogP contribution is 2.32. The molecule has 2 aromatic heterocycles. The molecule has 1 aliphatic rings. The van der Waals surface area contributed by atoms with Crippen LogP contribution in [0.25, 0.3) is 22.3 Å². The number of hydrogen-bond donors (Lipinski definition) is 1. The molecule has 2 aromatic carbocycles. The van der Waals surface area contributed by atoms with Crippen molar-refractivity contribution in [1.82, 2.24) is 14.3 Å². The first-order chi connectivity index (χ1) is 16.7. The van der Waals surface area contributed by atoms with Gasteiger partial charge in [-0.15, -0.1) is 0 Å². The molecule has 1 amide bonds. The minimum absolute atomic E-state index is 0.141. The third kappa shape index (κ3) is 4.43. The fourth-order valence-electron chi connectivity index (χ4n) is 3.84. The lowest BCUT2D eigenvalue weighted by atomic mass is 10.1. The topological polar surface area (TPSA) is 95.5 Å². The maximum Gasteiger partial charge on any atom is 0.303 e. The summed E-state index contributed by atoms with van der Waals surface area (Å²) in [4.78, 5) is 21.9. The van der Waals surface area contributed by atoms with Crippen LogP contribution in [0.2, 0.25) is 10.0 Å². The van der Waals surface area contributed by atoms with Crippen LogP contribution in [-0.4, -0.2) is 48.7 Å². The highest BCUT2D eigenvalue weighted by molar-refractivity contribution is 7.90. The van der Waals surface area contributed by atoms with Crippen molar-refractivity contribution in [1.29, 1.82) is 0 Å². The number of pyridine rings is 2. The molecule has 4 aromatic rings. The van der Waals surface area contributed by atoms with E-state index in [4.69, 9.17) is 23.2 Å². The van der Waals surface area contributed by atoms with Crippen LogP contribution in [0.5, 0.6) is 0 Å². The third-order valence-electron chi connectivity index (χ3n) is 5.73. The van der Waals surface area contributed by atoms with Gasteiger partial charge in [0, 0.05) is 37.6 Å². The molecule has 11 heteroatoms. The molecule has 1 saturated heterocycles. The minimum Gasteiger partial charge on any atom is -0.322 e. The van der Waals surface area contributed by atoms with Crippen LogP contribution in [0.15, 0.2) is 66.9 Å². The Morgan fingerprint density at radius 1 is 0.971 bits per heavy atom. The normalized spacial score (nSPS) is 15.5. The number of carbonyl (C=O) groups is 1. The van der Waals surface area contributed by atoms with Gasteiger partial charge in [0.1, 0.15) is 0 Å².